The summed E-state index contributed by atoms with van der Waals surface area (Å²) in [5.41, 5.74) is 1.17. The lowest BCUT2D eigenvalue weighted by atomic mass is 10.2. The van der Waals surface area contributed by atoms with Crippen LogP contribution < -0.4 is 11.2 Å². The van der Waals surface area contributed by atoms with Gasteiger partial charge in [-0.25, -0.2) is 14.3 Å². The molecule has 2 aromatic carbocycles. The Morgan fingerprint density at radius 2 is 1.80 bits per heavy atom. The second kappa shape index (κ2) is 8.47. The van der Waals surface area contributed by atoms with Crippen LogP contribution in [0.5, 0.6) is 0 Å². The third kappa shape index (κ3) is 3.79. The Hall–Kier alpha value is -2.87. The fourth-order valence-corrected chi connectivity index (χ4v) is 3.67. The van der Waals surface area contributed by atoms with Crippen LogP contribution in [0.25, 0.3) is 16.9 Å². The van der Waals surface area contributed by atoms with Crippen LogP contribution in [0, 0.1) is 0 Å². The number of hydrogen-bond acceptors (Lipinski definition) is 4. The number of aromatic nitrogens is 4. The number of fused-ring (bicyclic) bond motifs is 1. The molecule has 4 aromatic rings. The van der Waals surface area contributed by atoms with Crippen LogP contribution in [-0.2, 0) is 17.8 Å². The van der Waals surface area contributed by atoms with Crippen molar-refractivity contribution in [1.82, 2.24) is 18.7 Å². The lowest BCUT2D eigenvalue weighted by Crippen LogP contribution is -2.41. The van der Waals surface area contributed by atoms with Gasteiger partial charge in [0.2, 0.25) is 0 Å². The lowest BCUT2D eigenvalue weighted by Gasteiger charge is -2.13. The number of benzene rings is 2. The number of halogens is 2. The van der Waals surface area contributed by atoms with E-state index in [2.05, 4.69) is 4.98 Å². The average molecular weight is 445 g/mol. The number of ether oxygens (including phenoxy) is 1. The van der Waals surface area contributed by atoms with Crippen molar-refractivity contribution in [2.24, 2.45) is 0 Å². The first-order valence-electron chi connectivity index (χ1n) is 9.19. The molecule has 30 heavy (non-hydrogen) atoms. The maximum absolute atomic E-state index is 13.2. The van der Waals surface area contributed by atoms with Gasteiger partial charge in [0.25, 0.3) is 5.56 Å². The van der Waals surface area contributed by atoms with Gasteiger partial charge in [0.05, 0.1) is 25.2 Å². The topological polar surface area (TPSA) is 71.1 Å². The van der Waals surface area contributed by atoms with Crippen LogP contribution in [-0.4, -0.2) is 32.4 Å². The molecule has 0 unspecified atom stereocenters. The normalized spacial score (nSPS) is 11.3. The van der Waals surface area contributed by atoms with Gasteiger partial charge in [-0.05, 0) is 42.0 Å². The first-order valence-corrected chi connectivity index (χ1v) is 9.95. The number of methoxy groups -OCH3 is 1. The summed E-state index contributed by atoms with van der Waals surface area (Å²) in [5.74, 6) is 0. The SMILES string of the molecule is COCCn1c(=O)c2c(ncn2Cc2cccc(Cl)c2)n(-c2ccc(Cl)cc2)c1=O. The van der Waals surface area contributed by atoms with Gasteiger partial charge in [0.15, 0.2) is 11.2 Å². The van der Waals surface area contributed by atoms with Crippen LogP contribution in [0.1, 0.15) is 5.56 Å². The number of nitrogens with zero attached hydrogens (tertiary/aromatic N) is 4. The zero-order valence-corrected chi connectivity index (χ0v) is 17.6. The van der Waals surface area contributed by atoms with E-state index in [9.17, 15) is 9.59 Å². The molecule has 7 nitrogen and oxygen atoms in total. The number of imidazole rings is 1. The smallest absolute Gasteiger partial charge is 0.337 e. The van der Waals surface area contributed by atoms with E-state index in [1.807, 2.05) is 18.2 Å². The highest BCUT2D eigenvalue weighted by Gasteiger charge is 2.19. The third-order valence-electron chi connectivity index (χ3n) is 4.75. The van der Waals surface area contributed by atoms with Gasteiger partial charge in [-0.3, -0.25) is 9.36 Å². The summed E-state index contributed by atoms with van der Waals surface area (Å²) in [6, 6.07) is 14.2. The molecule has 2 aromatic heterocycles. The molecule has 0 amide bonds. The molecule has 0 saturated heterocycles. The maximum atomic E-state index is 13.2. The summed E-state index contributed by atoms with van der Waals surface area (Å²) in [6.45, 7) is 0.735. The van der Waals surface area contributed by atoms with Gasteiger partial charge >= 0.3 is 5.69 Å². The van der Waals surface area contributed by atoms with E-state index in [4.69, 9.17) is 27.9 Å². The first-order chi connectivity index (χ1) is 14.5. The molecule has 2 heterocycles. The Kier molecular flexibility index (Phi) is 5.76. The summed E-state index contributed by atoms with van der Waals surface area (Å²) < 4.78 is 9.39. The highest BCUT2D eigenvalue weighted by Crippen LogP contribution is 2.18. The highest BCUT2D eigenvalue weighted by molar-refractivity contribution is 6.30. The lowest BCUT2D eigenvalue weighted by molar-refractivity contribution is 0.184. The maximum Gasteiger partial charge on any atom is 0.337 e. The summed E-state index contributed by atoms with van der Waals surface area (Å²) in [4.78, 5) is 30.8. The molecule has 0 saturated carbocycles. The minimum Gasteiger partial charge on any atom is -0.383 e. The molecule has 0 spiro atoms. The van der Waals surface area contributed by atoms with E-state index in [0.29, 0.717) is 27.8 Å². The van der Waals surface area contributed by atoms with Crippen molar-refractivity contribution in [3.8, 4) is 5.69 Å². The van der Waals surface area contributed by atoms with Crippen molar-refractivity contribution in [1.29, 1.82) is 0 Å². The Balaban J connectivity index is 1.96. The van der Waals surface area contributed by atoms with Gasteiger partial charge in [-0.1, -0.05) is 35.3 Å². The van der Waals surface area contributed by atoms with Crippen LogP contribution in [0.3, 0.4) is 0 Å². The van der Waals surface area contributed by atoms with Gasteiger partial charge in [-0.2, -0.15) is 0 Å². The minimum atomic E-state index is -0.486. The zero-order chi connectivity index (χ0) is 21.3. The second-order valence-electron chi connectivity index (χ2n) is 6.72. The van der Waals surface area contributed by atoms with E-state index in [0.717, 1.165) is 10.1 Å². The number of hydrogen-bond donors (Lipinski definition) is 0. The molecule has 0 radical (unpaired) electrons. The highest BCUT2D eigenvalue weighted by atomic mass is 35.5. The largest absolute Gasteiger partial charge is 0.383 e. The molecule has 9 heteroatoms. The summed E-state index contributed by atoms with van der Waals surface area (Å²) in [6.07, 6.45) is 1.56. The Morgan fingerprint density at radius 3 is 2.50 bits per heavy atom. The number of rotatable bonds is 6. The third-order valence-corrected chi connectivity index (χ3v) is 5.23. The molecular weight excluding hydrogens is 427 g/mol. The quantitative estimate of drug-likeness (QED) is 0.457. The van der Waals surface area contributed by atoms with Gasteiger partial charge in [-0.15, -0.1) is 0 Å². The molecule has 0 fully saturated rings. The predicted octanol–water partition coefficient (Wildman–Crippen LogP) is 3.35. The fourth-order valence-electron chi connectivity index (χ4n) is 3.33. The molecule has 4 rings (SSSR count). The van der Waals surface area contributed by atoms with Crippen molar-refractivity contribution in [2.75, 3.05) is 13.7 Å². The molecular formula is C21H18Cl2N4O3. The van der Waals surface area contributed by atoms with Crippen LogP contribution in [0.2, 0.25) is 10.0 Å². The second-order valence-corrected chi connectivity index (χ2v) is 7.59. The summed E-state index contributed by atoms with van der Waals surface area (Å²) >= 11 is 12.1. The fraction of sp³-hybridized carbons (Fsp3) is 0.190. The molecule has 0 aliphatic carbocycles. The average Bonchev–Trinajstić information content (AvgIpc) is 3.13. The van der Waals surface area contributed by atoms with Crippen molar-refractivity contribution in [3.63, 3.8) is 0 Å². The molecule has 0 aliphatic heterocycles. The molecule has 154 valence electrons. The monoisotopic (exact) mass is 444 g/mol. The summed E-state index contributed by atoms with van der Waals surface area (Å²) in [5, 5.41) is 1.15. The predicted molar refractivity (Wildman–Crippen MR) is 117 cm³/mol. The van der Waals surface area contributed by atoms with E-state index in [1.165, 1.54) is 11.7 Å². The van der Waals surface area contributed by atoms with Crippen LogP contribution >= 0.6 is 23.2 Å². The summed E-state index contributed by atoms with van der Waals surface area (Å²) in [7, 11) is 1.52. The molecule has 0 N–H and O–H groups in total. The minimum absolute atomic E-state index is 0.125. The first kappa shape index (κ1) is 20.4. The van der Waals surface area contributed by atoms with Crippen molar-refractivity contribution >= 4 is 34.4 Å². The standard InChI is InChI=1S/C21H18Cl2N4O3/c1-30-10-9-26-20(28)18-19(27(21(26)29)17-7-5-15(22)6-8-17)24-13-25(18)12-14-3-2-4-16(23)11-14/h2-8,11,13H,9-10,12H2,1H3. The molecule has 0 bridgehead atoms. The van der Waals surface area contributed by atoms with Crippen LogP contribution in [0.4, 0.5) is 0 Å². The Bertz CT molecular complexity index is 1320. The Morgan fingerprint density at radius 1 is 1.03 bits per heavy atom. The van der Waals surface area contributed by atoms with E-state index < -0.39 is 11.2 Å². The van der Waals surface area contributed by atoms with Gasteiger partial charge in [0.1, 0.15) is 0 Å². The van der Waals surface area contributed by atoms with Gasteiger partial charge in [0, 0.05) is 23.7 Å². The molecule has 0 atom stereocenters. The van der Waals surface area contributed by atoms with E-state index in [-0.39, 0.29) is 18.8 Å². The van der Waals surface area contributed by atoms with Crippen molar-refractivity contribution in [3.05, 3.63) is 91.3 Å². The van der Waals surface area contributed by atoms with Crippen molar-refractivity contribution < 1.29 is 4.74 Å². The zero-order valence-electron chi connectivity index (χ0n) is 16.1. The van der Waals surface area contributed by atoms with Crippen LogP contribution in [0.15, 0.2) is 64.4 Å². The van der Waals surface area contributed by atoms with E-state index >= 15 is 0 Å². The molecule has 0 aliphatic rings. The van der Waals surface area contributed by atoms with Crippen molar-refractivity contribution in [2.45, 2.75) is 13.1 Å². The van der Waals surface area contributed by atoms with Gasteiger partial charge < -0.3 is 9.30 Å². The van der Waals surface area contributed by atoms with E-state index in [1.54, 1.807) is 41.2 Å². The Labute approximate surface area is 181 Å².